The molecule has 0 unspecified atom stereocenters. The normalized spacial score (nSPS) is 15.2. The number of hydrogen-bond acceptors (Lipinski definition) is 6. The average molecular weight is 580 g/mol. The van der Waals surface area contributed by atoms with Gasteiger partial charge in [-0.3, -0.25) is 9.36 Å². The summed E-state index contributed by atoms with van der Waals surface area (Å²) in [6.07, 6.45) is 3.98. The number of H-pyrrole nitrogens is 1. The molecule has 3 heterocycles. The van der Waals surface area contributed by atoms with Gasteiger partial charge in [0.2, 0.25) is 0 Å². The maximum atomic E-state index is 14.2. The van der Waals surface area contributed by atoms with Crippen LogP contribution in [0.4, 0.5) is 0 Å². The number of nitrogens with one attached hydrogen (secondary N) is 1. The van der Waals surface area contributed by atoms with E-state index >= 15 is 0 Å². The fraction of sp³-hybridized carbons (Fsp3) is 0.182. The Morgan fingerprint density at radius 2 is 1.83 bits per heavy atom. The number of rotatable bonds is 6. The summed E-state index contributed by atoms with van der Waals surface area (Å²) in [4.78, 5) is 37.4. The molecule has 1 aliphatic rings. The molecule has 1 N–H and O–H groups in total. The van der Waals surface area contributed by atoms with Crippen LogP contribution in [0.25, 0.3) is 28.2 Å². The van der Waals surface area contributed by atoms with Gasteiger partial charge in [-0.25, -0.2) is 9.79 Å². The predicted molar refractivity (Wildman–Crippen MR) is 167 cm³/mol. The van der Waals surface area contributed by atoms with E-state index in [0.717, 1.165) is 43.7 Å². The minimum atomic E-state index is -0.637. The largest absolute Gasteiger partial charge is 0.463 e. The van der Waals surface area contributed by atoms with Crippen molar-refractivity contribution in [1.29, 1.82) is 0 Å². The minimum absolute atomic E-state index is 0.192. The molecule has 0 bridgehead atoms. The summed E-state index contributed by atoms with van der Waals surface area (Å²) in [5.41, 5.74) is 6.69. The number of hydrogen-bond donors (Lipinski definition) is 1. The first-order valence-electron chi connectivity index (χ1n) is 13.4. The van der Waals surface area contributed by atoms with Crippen LogP contribution < -0.4 is 14.9 Å². The molecule has 0 saturated carbocycles. The molecular formula is C33H29N3O3S2. The second-order valence-electron chi connectivity index (χ2n) is 9.85. The molecule has 0 amide bonds. The van der Waals surface area contributed by atoms with Crippen LogP contribution >= 0.6 is 23.1 Å². The van der Waals surface area contributed by atoms with E-state index in [1.54, 1.807) is 23.3 Å². The summed E-state index contributed by atoms with van der Waals surface area (Å²) in [6, 6.07) is 23.6. The van der Waals surface area contributed by atoms with Crippen molar-refractivity contribution in [1.82, 2.24) is 9.55 Å². The summed E-state index contributed by atoms with van der Waals surface area (Å²) in [7, 11) is 0. The molecule has 41 heavy (non-hydrogen) atoms. The Bertz CT molecular complexity index is 2000. The van der Waals surface area contributed by atoms with Crippen LogP contribution in [0, 0.1) is 6.92 Å². The van der Waals surface area contributed by atoms with Gasteiger partial charge in [-0.2, -0.15) is 0 Å². The highest BCUT2D eigenvalue weighted by atomic mass is 32.2. The molecule has 0 fully saturated rings. The van der Waals surface area contributed by atoms with Crippen molar-refractivity contribution in [2.75, 3.05) is 12.9 Å². The second kappa shape index (κ2) is 11.0. The van der Waals surface area contributed by atoms with Crippen molar-refractivity contribution in [2.24, 2.45) is 4.99 Å². The van der Waals surface area contributed by atoms with Crippen LogP contribution in [0.2, 0.25) is 0 Å². The SMILES string of the molecule is CCOC(=O)C1=C(C)N=c2s/c(=C/c3c(-c4ccccc4)[nH]c4c(C)cccc34)c(=O)n2[C@H]1c1ccc(SC)cc1. The van der Waals surface area contributed by atoms with Crippen LogP contribution in [0.5, 0.6) is 0 Å². The third-order valence-electron chi connectivity index (χ3n) is 7.37. The smallest absolute Gasteiger partial charge is 0.338 e. The number of ether oxygens (including phenoxy) is 1. The van der Waals surface area contributed by atoms with Crippen molar-refractivity contribution in [3.8, 4) is 11.3 Å². The van der Waals surface area contributed by atoms with Crippen molar-refractivity contribution in [3.63, 3.8) is 0 Å². The van der Waals surface area contributed by atoms with E-state index < -0.39 is 12.0 Å². The third-order valence-corrected chi connectivity index (χ3v) is 9.10. The van der Waals surface area contributed by atoms with E-state index in [9.17, 15) is 9.59 Å². The molecule has 0 spiro atoms. The number of fused-ring (bicyclic) bond motifs is 2. The monoisotopic (exact) mass is 579 g/mol. The Hall–Kier alpha value is -4.14. The number of thiazole rings is 1. The summed E-state index contributed by atoms with van der Waals surface area (Å²) >= 11 is 2.98. The van der Waals surface area contributed by atoms with Crippen LogP contribution in [-0.2, 0) is 9.53 Å². The second-order valence-corrected chi connectivity index (χ2v) is 11.7. The zero-order chi connectivity index (χ0) is 28.7. The molecule has 1 aliphatic heterocycles. The van der Waals surface area contributed by atoms with Gasteiger partial charge in [0, 0.05) is 21.4 Å². The number of carbonyl (C=O) groups is 1. The first-order valence-corrected chi connectivity index (χ1v) is 15.5. The fourth-order valence-corrected chi connectivity index (χ4v) is 6.83. The molecule has 0 aliphatic carbocycles. The summed E-state index contributed by atoms with van der Waals surface area (Å²) in [5.74, 6) is -0.458. The highest BCUT2D eigenvalue weighted by molar-refractivity contribution is 7.98. The van der Waals surface area contributed by atoms with Gasteiger partial charge in [0.1, 0.15) is 0 Å². The van der Waals surface area contributed by atoms with Crippen molar-refractivity contribution in [3.05, 3.63) is 120 Å². The Balaban J connectivity index is 1.61. The molecule has 1 atom stereocenters. The number of thioether (sulfide) groups is 1. The number of aryl methyl sites for hydroxylation is 1. The Morgan fingerprint density at radius 1 is 1.07 bits per heavy atom. The summed E-state index contributed by atoms with van der Waals surface area (Å²) in [5, 5.41) is 1.04. The van der Waals surface area contributed by atoms with Crippen molar-refractivity contribution in [2.45, 2.75) is 31.7 Å². The van der Waals surface area contributed by atoms with Crippen LogP contribution in [0.15, 0.2) is 98.7 Å². The Kier molecular flexibility index (Phi) is 7.28. The Labute approximate surface area is 245 Å². The average Bonchev–Trinajstić information content (AvgIpc) is 3.51. The van der Waals surface area contributed by atoms with E-state index in [2.05, 4.69) is 36.2 Å². The van der Waals surface area contributed by atoms with Crippen LogP contribution in [0.3, 0.4) is 0 Å². The lowest BCUT2D eigenvalue weighted by Gasteiger charge is -2.24. The van der Waals surface area contributed by atoms with Crippen molar-refractivity contribution < 1.29 is 9.53 Å². The van der Waals surface area contributed by atoms with E-state index in [1.807, 2.05) is 67.8 Å². The number of nitrogens with zero attached hydrogens (tertiary/aromatic N) is 2. The van der Waals surface area contributed by atoms with Gasteiger partial charge in [-0.1, -0.05) is 72.0 Å². The lowest BCUT2D eigenvalue weighted by molar-refractivity contribution is -0.139. The van der Waals surface area contributed by atoms with Gasteiger partial charge >= 0.3 is 5.97 Å². The van der Waals surface area contributed by atoms with Crippen LogP contribution in [-0.4, -0.2) is 28.4 Å². The Morgan fingerprint density at radius 3 is 2.54 bits per heavy atom. The number of allylic oxidation sites excluding steroid dienone is 1. The highest BCUT2D eigenvalue weighted by Gasteiger charge is 2.33. The van der Waals surface area contributed by atoms with Gasteiger partial charge in [0.25, 0.3) is 5.56 Å². The van der Waals surface area contributed by atoms with Gasteiger partial charge in [-0.15, -0.1) is 11.8 Å². The number of para-hydroxylation sites is 1. The molecule has 5 aromatic rings. The maximum absolute atomic E-state index is 14.2. The third kappa shape index (κ3) is 4.77. The lowest BCUT2D eigenvalue weighted by Crippen LogP contribution is -2.39. The zero-order valence-electron chi connectivity index (χ0n) is 23.2. The topological polar surface area (TPSA) is 76.4 Å². The highest BCUT2D eigenvalue weighted by Crippen LogP contribution is 2.34. The molecule has 206 valence electrons. The standard InChI is InChI=1S/C33H29N3O3S2/c1-5-39-32(38)27-20(3)34-33-36(30(27)22-14-16-23(40-4)17-15-22)31(37)26(41-33)18-25-24-13-9-10-19(2)28(24)35-29(25)21-11-7-6-8-12-21/h6-18,30,35H,5H2,1-4H3/b26-18+/t30-/m0/s1. The van der Waals surface area contributed by atoms with Gasteiger partial charge in [0.15, 0.2) is 4.80 Å². The fourth-order valence-electron chi connectivity index (χ4n) is 5.39. The molecular weight excluding hydrogens is 551 g/mol. The maximum Gasteiger partial charge on any atom is 0.338 e. The molecule has 0 radical (unpaired) electrons. The van der Waals surface area contributed by atoms with Gasteiger partial charge < -0.3 is 9.72 Å². The predicted octanol–water partition coefficient (Wildman–Crippen LogP) is 5.98. The number of aromatic nitrogens is 2. The number of carbonyl (C=O) groups excluding carboxylic acids is 1. The quantitative estimate of drug-likeness (QED) is 0.198. The first kappa shape index (κ1) is 27.1. The number of aromatic amines is 1. The van der Waals surface area contributed by atoms with Gasteiger partial charge in [0.05, 0.1) is 34.1 Å². The van der Waals surface area contributed by atoms with Gasteiger partial charge in [-0.05, 0) is 61.9 Å². The number of esters is 1. The molecule has 6 nitrogen and oxygen atoms in total. The zero-order valence-corrected chi connectivity index (χ0v) is 24.9. The molecule has 2 aromatic heterocycles. The van der Waals surface area contributed by atoms with E-state index in [0.29, 0.717) is 20.6 Å². The summed E-state index contributed by atoms with van der Waals surface area (Å²) < 4.78 is 7.63. The first-order chi connectivity index (χ1) is 19.9. The van der Waals surface area contributed by atoms with E-state index in [-0.39, 0.29) is 12.2 Å². The van der Waals surface area contributed by atoms with E-state index in [1.165, 1.54) is 11.3 Å². The molecule has 0 saturated heterocycles. The van der Waals surface area contributed by atoms with Crippen LogP contribution in [0.1, 0.15) is 36.6 Å². The lowest BCUT2D eigenvalue weighted by atomic mass is 9.96. The van der Waals surface area contributed by atoms with Crippen molar-refractivity contribution >= 4 is 46.0 Å². The minimum Gasteiger partial charge on any atom is -0.463 e. The molecule has 6 rings (SSSR count). The molecule has 8 heteroatoms. The number of benzene rings is 3. The summed E-state index contributed by atoms with van der Waals surface area (Å²) in [6.45, 7) is 5.90. The van der Waals surface area contributed by atoms with E-state index in [4.69, 9.17) is 9.73 Å². The molecule has 3 aromatic carbocycles.